The first kappa shape index (κ1) is 16.2. The van der Waals surface area contributed by atoms with E-state index in [-0.39, 0.29) is 5.97 Å². The Morgan fingerprint density at radius 3 is 2.63 bits per heavy atom. The smallest absolute Gasteiger partial charge is 0.305 e. The molecule has 0 aromatic rings. The molecule has 2 atom stereocenters. The molecule has 3 nitrogen and oxygen atoms in total. The summed E-state index contributed by atoms with van der Waals surface area (Å²) in [6.07, 6.45) is 8.85. The normalized spacial score (nSPS) is 22.7. The van der Waals surface area contributed by atoms with Gasteiger partial charge in [0.1, 0.15) is 5.78 Å². The van der Waals surface area contributed by atoms with Crippen molar-refractivity contribution in [3.05, 3.63) is 0 Å². The van der Waals surface area contributed by atoms with Gasteiger partial charge in [0.2, 0.25) is 0 Å². The van der Waals surface area contributed by atoms with Gasteiger partial charge >= 0.3 is 5.97 Å². The molecule has 3 heteroatoms. The molecule has 0 aliphatic heterocycles. The molecule has 0 aromatic carbocycles. The highest BCUT2D eigenvalue weighted by molar-refractivity contribution is 5.83. The van der Waals surface area contributed by atoms with E-state index in [4.69, 9.17) is 4.74 Å². The molecule has 0 heterocycles. The van der Waals surface area contributed by atoms with E-state index in [0.29, 0.717) is 30.6 Å². The molecule has 1 saturated carbocycles. The van der Waals surface area contributed by atoms with Crippen LogP contribution in [0.25, 0.3) is 0 Å². The van der Waals surface area contributed by atoms with Gasteiger partial charge in [0.25, 0.3) is 0 Å². The molecule has 0 amide bonds. The molecule has 1 aliphatic carbocycles. The van der Waals surface area contributed by atoms with Crippen molar-refractivity contribution in [3.63, 3.8) is 0 Å². The monoisotopic (exact) mass is 268 g/mol. The Kier molecular flexibility index (Phi) is 7.76. The van der Waals surface area contributed by atoms with Crippen molar-refractivity contribution < 1.29 is 14.3 Å². The van der Waals surface area contributed by atoms with E-state index in [1.54, 1.807) is 0 Å². The van der Waals surface area contributed by atoms with Gasteiger partial charge in [0, 0.05) is 18.8 Å². The molecule has 0 N–H and O–H groups in total. The molecule has 110 valence electrons. The molecule has 0 bridgehead atoms. The topological polar surface area (TPSA) is 43.4 Å². The molecule has 19 heavy (non-hydrogen) atoms. The first-order valence-corrected chi connectivity index (χ1v) is 7.87. The molecule has 0 unspecified atom stereocenters. The lowest BCUT2D eigenvalue weighted by molar-refractivity contribution is -0.143. The third-order valence-corrected chi connectivity index (χ3v) is 4.22. The van der Waals surface area contributed by atoms with Crippen LogP contribution in [-0.2, 0) is 14.3 Å². The van der Waals surface area contributed by atoms with Crippen LogP contribution in [0.2, 0.25) is 0 Å². The summed E-state index contributed by atoms with van der Waals surface area (Å²) in [5.41, 5.74) is 0. The lowest BCUT2D eigenvalue weighted by Gasteiger charge is -2.16. The van der Waals surface area contributed by atoms with Crippen LogP contribution in [0.15, 0.2) is 0 Å². The molecular weight excluding hydrogens is 240 g/mol. The van der Waals surface area contributed by atoms with Gasteiger partial charge in [-0.15, -0.1) is 0 Å². The van der Waals surface area contributed by atoms with E-state index in [9.17, 15) is 9.59 Å². The van der Waals surface area contributed by atoms with E-state index < -0.39 is 0 Å². The Bertz CT molecular complexity index is 286. The summed E-state index contributed by atoms with van der Waals surface area (Å²) in [4.78, 5) is 22.9. The molecule has 1 rings (SSSR count). The summed E-state index contributed by atoms with van der Waals surface area (Å²) >= 11 is 0. The van der Waals surface area contributed by atoms with E-state index in [0.717, 1.165) is 51.4 Å². The number of carbonyl (C=O) groups excluding carboxylic acids is 2. The second-order valence-corrected chi connectivity index (χ2v) is 5.54. The maximum absolute atomic E-state index is 11.8. The van der Waals surface area contributed by atoms with Crippen molar-refractivity contribution in [3.8, 4) is 0 Å². The Morgan fingerprint density at radius 1 is 1.21 bits per heavy atom. The predicted octanol–water partition coefficient (Wildman–Crippen LogP) is 3.90. The quantitative estimate of drug-likeness (QED) is 0.470. The minimum absolute atomic E-state index is 0.0838. The van der Waals surface area contributed by atoms with Crippen molar-refractivity contribution in [1.82, 2.24) is 0 Å². The minimum atomic E-state index is -0.0838. The van der Waals surface area contributed by atoms with Gasteiger partial charge in [-0.05, 0) is 32.1 Å². The molecule has 0 radical (unpaired) electrons. The standard InChI is InChI=1S/C16H28O3/c1-3-13-11-12-15(17)14(13)9-7-5-6-8-10-16(18)19-4-2/h13-14H,3-12H2,1-2H3/t13-,14-/m0/s1. The van der Waals surface area contributed by atoms with Crippen LogP contribution in [0.5, 0.6) is 0 Å². The van der Waals surface area contributed by atoms with Crippen LogP contribution < -0.4 is 0 Å². The zero-order valence-corrected chi connectivity index (χ0v) is 12.5. The lowest BCUT2D eigenvalue weighted by atomic mass is 9.88. The number of unbranched alkanes of at least 4 members (excludes halogenated alkanes) is 3. The number of carbonyl (C=O) groups is 2. The van der Waals surface area contributed by atoms with Crippen molar-refractivity contribution >= 4 is 11.8 Å². The zero-order valence-electron chi connectivity index (χ0n) is 12.5. The summed E-state index contributed by atoms with van der Waals surface area (Å²) in [6, 6.07) is 0. The van der Waals surface area contributed by atoms with Gasteiger partial charge in [0.15, 0.2) is 0 Å². The maximum Gasteiger partial charge on any atom is 0.305 e. The average Bonchev–Trinajstić information content (AvgIpc) is 2.75. The van der Waals surface area contributed by atoms with E-state index in [1.165, 1.54) is 0 Å². The number of ether oxygens (including phenoxy) is 1. The fourth-order valence-corrected chi connectivity index (χ4v) is 3.08. The lowest BCUT2D eigenvalue weighted by Crippen LogP contribution is -2.14. The number of ketones is 1. The molecule has 1 aliphatic rings. The second-order valence-electron chi connectivity index (χ2n) is 5.54. The maximum atomic E-state index is 11.8. The van der Waals surface area contributed by atoms with Gasteiger partial charge in [-0.25, -0.2) is 0 Å². The first-order valence-electron chi connectivity index (χ1n) is 7.87. The Labute approximate surface area is 117 Å². The van der Waals surface area contributed by atoms with Gasteiger partial charge in [-0.3, -0.25) is 9.59 Å². The Balaban J connectivity index is 2.04. The molecule has 0 aromatic heterocycles. The number of Topliss-reactive ketones (excluding diaryl/α,β-unsaturated/α-hetero) is 1. The fraction of sp³-hybridized carbons (Fsp3) is 0.875. The van der Waals surface area contributed by atoms with Gasteiger partial charge < -0.3 is 4.74 Å². The summed E-state index contributed by atoms with van der Waals surface area (Å²) in [5, 5.41) is 0. The second kappa shape index (κ2) is 9.11. The van der Waals surface area contributed by atoms with Crippen molar-refractivity contribution in [2.75, 3.05) is 6.61 Å². The van der Waals surface area contributed by atoms with Gasteiger partial charge in [-0.2, -0.15) is 0 Å². The van der Waals surface area contributed by atoms with Crippen LogP contribution in [0.1, 0.15) is 71.6 Å². The van der Waals surface area contributed by atoms with Gasteiger partial charge in [-0.1, -0.05) is 32.6 Å². The van der Waals surface area contributed by atoms with Crippen LogP contribution >= 0.6 is 0 Å². The van der Waals surface area contributed by atoms with Crippen molar-refractivity contribution in [2.45, 2.75) is 71.6 Å². The summed E-state index contributed by atoms with van der Waals surface area (Å²) in [5.74, 6) is 1.36. The fourth-order valence-electron chi connectivity index (χ4n) is 3.08. The third kappa shape index (κ3) is 5.75. The highest BCUT2D eigenvalue weighted by atomic mass is 16.5. The number of hydrogen-bond acceptors (Lipinski definition) is 3. The zero-order chi connectivity index (χ0) is 14.1. The largest absolute Gasteiger partial charge is 0.466 e. The SMILES string of the molecule is CCOC(=O)CCCCCC[C@@H]1C(=O)CC[C@@H]1CC. The van der Waals surface area contributed by atoms with Crippen molar-refractivity contribution in [2.24, 2.45) is 11.8 Å². The number of esters is 1. The van der Waals surface area contributed by atoms with E-state index >= 15 is 0 Å². The van der Waals surface area contributed by atoms with Gasteiger partial charge in [0.05, 0.1) is 6.61 Å². The van der Waals surface area contributed by atoms with E-state index in [2.05, 4.69) is 6.92 Å². The minimum Gasteiger partial charge on any atom is -0.466 e. The average molecular weight is 268 g/mol. The third-order valence-electron chi connectivity index (χ3n) is 4.22. The Hall–Kier alpha value is -0.860. The molecule has 1 fully saturated rings. The highest BCUT2D eigenvalue weighted by Crippen LogP contribution is 2.34. The summed E-state index contributed by atoms with van der Waals surface area (Å²) < 4.78 is 4.89. The van der Waals surface area contributed by atoms with Crippen LogP contribution in [0.4, 0.5) is 0 Å². The van der Waals surface area contributed by atoms with Crippen LogP contribution in [0, 0.1) is 11.8 Å². The van der Waals surface area contributed by atoms with Crippen LogP contribution in [0.3, 0.4) is 0 Å². The molecular formula is C16H28O3. The molecule has 0 saturated heterocycles. The number of rotatable bonds is 9. The summed E-state index contributed by atoms with van der Waals surface area (Å²) in [6.45, 7) is 4.50. The Morgan fingerprint density at radius 2 is 1.95 bits per heavy atom. The van der Waals surface area contributed by atoms with E-state index in [1.807, 2.05) is 6.92 Å². The van der Waals surface area contributed by atoms with Crippen LogP contribution in [-0.4, -0.2) is 18.4 Å². The number of hydrogen-bond donors (Lipinski definition) is 0. The summed E-state index contributed by atoms with van der Waals surface area (Å²) in [7, 11) is 0. The first-order chi connectivity index (χ1) is 9.19. The predicted molar refractivity (Wildman–Crippen MR) is 75.8 cm³/mol. The molecule has 0 spiro atoms. The van der Waals surface area contributed by atoms with Crippen molar-refractivity contribution in [1.29, 1.82) is 0 Å². The highest BCUT2D eigenvalue weighted by Gasteiger charge is 2.32.